The van der Waals surface area contributed by atoms with Gasteiger partial charge in [-0.2, -0.15) is 0 Å². The average molecular weight is 356 g/mol. The first-order valence-corrected chi connectivity index (χ1v) is 10.6. The highest BCUT2D eigenvalue weighted by Crippen LogP contribution is 2.26. The smallest absolute Gasteiger partial charge is 0.226 e. The Morgan fingerprint density at radius 3 is 2.35 bits per heavy atom. The highest BCUT2D eigenvalue weighted by Gasteiger charge is 2.34. The molecule has 4 rings (SSSR count). The Labute approximate surface area is 158 Å². The van der Waals surface area contributed by atoms with Gasteiger partial charge in [0, 0.05) is 32.2 Å². The minimum atomic E-state index is 0.254. The van der Waals surface area contributed by atoms with Crippen molar-refractivity contribution in [1.82, 2.24) is 14.7 Å². The zero-order valence-electron chi connectivity index (χ0n) is 16.0. The van der Waals surface area contributed by atoms with Crippen LogP contribution >= 0.6 is 0 Å². The fourth-order valence-electron chi connectivity index (χ4n) is 5.02. The minimum absolute atomic E-state index is 0.254. The molecule has 1 atom stereocenters. The Bertz CT molecular complexity index is 576. The van der Waals surface area contributed by atoms with Gasteiger partial charge in [0.2, 0.25) is 5.91 Å². The molecule has 0 aliphatic carbocycles. The van der Waals surface area contributed by atoms with Crippen molar-refractivity contribution >= 4 is 5.91 Å². The number of hydrogen-bond acceptors (Lipinski definition) is 3. The lowest BCUT2D eigenvalue weighted by atomic mass is 9.93. The molecular weight excluding hydrogens is 322 g/mol. The van der Waals surface area contributed by atoms with E-state index in [1.54, 1.807) is 0 Å². The number of carbonyl (C=O) groups excluding carboxylic acids is 1. The van der Waals surface area contributed by atoms with Crippen molar-refractivity contribution in [3.8, 4) is 0 Å². The second-order valence-electron chi connectivity index (χ2n) is 8.36. The monoisotopic (exact) mass is 355 g/mol. The maximum absolute atomic E-state index is 12.8. The summed E-state index contributed by atoms with van der Waals surface area (Å²) in [4.78, 5) is 20.1. The summed E-state index contributed by atoms with van der Waals surface area (Å²) in [5, 5.41) is 0. The van der Waals surface area contributed by atoms with E-state index in [-0.39, 0.29) is 5.92 Å². The normalized spacial score (nSPS) is 26.3. The molecule has 0 N–H and O–H groups in total. The summed E-state index contributed by atoms with van der Waals surface area (Å²) in [5.74, 6) is 0.693. The van der Waals surface area contributed by atoms with E-state index in [1.165, 1.54) is 57.3 Å². The van der Waals surface area contributed by atoms with Crippen LogP contribution in [0.3, 0.4) is 0 Å². The number of nitrogens with zero attached hydrogens (tertiary/aromatic N) is 3. The molecular formula is C22H33N3O. The van der Waals surface area contributed by atoms with Gasteiger partial charge in [0.05, 0.1) is 5.92 Å². The van der Waals surface area contributed by atoms with E-state index in [9.17, 15) is 4.79 Å². The first-order valence-electron chi connectivity index (χ1n) is 10.6. The zero-order valence-corrected chi connectivity index (χ0v) is 16.0. The quantitative estimate of drug-likeness (QED) is 0.831. The standard InChI is InChI=1S/C22H33N3O/c26-22(24-12-4-5-13-24)20-9-6-14-25(18-20)21-10-15-23(16-11-21)17-19-7-2-1-3-8-19/h1-3,7-8,20-21H,4-6,9-18H2/t20-/m0/s1. The summed E-state index contributed by atoms with van der Waals surface area (Å²) in [5.41, 5.74) is 1.42. The molecule has 1 aromatic carbocycles. The van der Waals surface area contributed by atoms with Crippen molar-refractivity contribution < 1.29 is 4.79 Å². The molecule has 0 aromatic heterocycles. The third-order valence-corrected chi connectivity index (χ3v) is 6.54. The van der Waals surface area contributed by atoms with Crippen LogP contribution < -0.4 is 0 Å². The summed E-state index contributed by atoms with van der Waals surface area (Å²) < 4.78 is 0. The van der Waals surface area contributed by atoms with Crippen LogP contribution in [0.25, 0.3) is 0 Å². The Morgan fingerprint density at radius 1 is 0.885 bits per heavy atom. The molecule has 142 valence electrons. The fourth-order valence-corrected chi connectivity index (χ4v) is 5.02. The molecule has 3 fully saturated rings. The SMILES string of the molecule is O=C([C@H]1CCCN(C2CCN(Cc3ccccc3)CC2)C1)N1CCCC1. The minimum Gasteiger partial charge on any atom is -0.342 e. The molecule has 3 aliphatic rings. The zero-order chi connectivity index (χ0) is 17.8. The van der Waals surface area contributed by atoms with Crippen LogP contribution in [-0.2, 0) is 11.3 Å². The molecule has 3 heterocycles. The summed E-state index contributed by atoms with van der Waals surface area (Å²) in [6.45, 7) is 7.61. The maximum atomic E-state index is 12.8. The number of likely N-dealkylation sites (tertiary alicyclic amines) is 3. The lowest BCUT2D eigenvalue weighted by Gasteiger charge is -2.42. The van der Waals surface area contributed by atoms with Crippen molar-refractivity contribution in [2.24, 2.45) is 5.92 Å². The van der Waals surface area contributed by atoms with Crippen LogP contribution in [-0.4, -0.2) is 65.9 Å². The number of piperidine rings is 2. The van der Waals surface area contributed by atoms with Crippen LogP contribution in [0, 0.1) is 5.92 Å². The summed E-state index contributed by atoms with van der Waals surface area (Å²) in [6.07, 6.45) is 7.17. The Kier molecular flexibility index (Phi) is 5.91. The molecule has 4 nitrogen and oxygen atoms in total. The van der Waals surface area contributed by atoms with Gasteiger partial charge in [0.1, 0.15) is 0 Å². The van der Waals surface area contributed by atoms with Crippen LogP contribution in [0.2, 0.25) is 0 Å². The molecule has 0 unspecified atom stereocenters. The van der Waals surface area contributed by atoms with E-state index in [0.29, 0.717) is 11.9 Å². The number of hydrogen-bond donors (Lipinski definition) is 0. The molecule has 1 amide bonds. The second-order valence-corrected chi connectivity index (χ2v) is 8.36. The summed E-state index contributed by atoms with van der Waals surface area (Å²) in [6, 6.07) is 11.5. The van der Waals surface area contributed by atoms with Gasteiger partial charge in [-0.25, -0.2) is 0 Å². The molecule has 4 heteroatoms. The Morgan fingerprint density at radius 2 is 1.62 bits per heavy atom. The van der Waals surface area contributed by atoms with E-state index in [2.05, 4.69) is 45.0 Å². The van der Waals surface area contributed by atoms with E-state index in [4.69, 9.17) is 0 Å². The van der Waals surface area contributed by atoms with Gasteiger partial charge in [-0.05, 0) is 63.7 Å². The summed E-state index contributed by atoms with van der Waals surface area (Å²) >= 11 is 0. The molecule has 0 radical (unpaired) electrons. The van der Waals surface area contributed by atoms with Crippen LogP contribution in [0.1, 0.15) is 44.1 Å². The fraction of sp³-hybridized carbons (Fsp3) is 0.682. The van der Waals surface area contributed by atoms with Crippen LogP contribution in [0.4, 0.5) is 0 Å². The third kappa shape index (κ3) is 4.29. The van der Waals surface area contributed by atoms with E-state index >= 15 is 0 Å². The lowest BCUT2D eigenvalue weighted by molar-refractivity contribution is -0.136. The molecule has 0 spiro atoms. The van der Waals surface area contributed by atoms with Gasteiger partial charge in [0.15, 0.2) is 0 Å². The third-order valence-electron chi connectivity index (χ3n) is 6.54. The van der Waals surface area contributed by atoms with Gasteiger partial charge in [0.25, 0.3) is 0 Å². The Hall–Kier alpha value is -1.39. The van der Waals surface area contributed by atoms with E-state index < -0.39 is 0 Å². The largest absolute Gasteiger partial charge is 0.342 e. The highest BCUT2D eigenvalue weighted by molar-refractivity contribution is 5.79. The summed E-state index contributed by atoms with van der Waals surface area (Å²) in [7, 11) is 0. The van der Waals surface area contributed by atoms with E-state index in [0.717, 1.165) is 32.6 Å². The van der Waals surface area contributed by atoms with Gasteiger partial charge in [-0.15, -0.1) is 0 Å². The molecule has 0 bridgehead atoms. The second kappa shape index (κ2) is 8.53. The number of carbonyl (C=O) groups is 1. The predicted molar refractivity (Wildman–Crippen MR) is 105 cm³/mol. The van der Waals surface area contributed by atoms with Crippen LogP contribution in [0.15, 0.2) is 30.3 Å². The molecule has 1 aromatic rings. The highest BCUT2D eigenvalue weighted by atomic mass is 16.2. The molecule has 3 saturated heterocycles. The molecule has 0 saturated carbocycles. The predicted octanol–water partition coefficient (Wildman–Crippen LogP) is 2.99. The number of benzene rings is 1. The van der Waals surface area contributed by atoms with Crippen molar-refractivity contribution in [3.63, 3.8) is 0 Å². The van der Waals surface area contributed by atoms with Crippen molar-refractivity contribution in [3.05, 3.63) is 35.9 Å². The average Bonchev–Trinajstić information content (AvgIpc) is 3.24. The van der Waals surface area contributed by atoms with Gasteiger partial charge in [-0.3, -0.25) is 14.6 Å². The topological polar surface area (TPSA) is 26.8 Å². The van der Waals surface area contributed by atoms with Crippen LogP contribution in [0.5, 0.6) is 0 Å². The first-order chi connectivity index (χ1) is 12.8. The maximum Gasteiger partial charge on any atom is 0.226 e. The van der Waals surface area contributed by atoms with Crippen molar-refractivity contribution in [2.75, 3.05) is 39.3 Å². The number of rotatable bonds is 4. The lowest BCUT2D eigenvalue weighted by Crippen LogP contribution is -2.51. The van der Waals surface area contributed by atoms with Crippen molar-refractivity contribution in [2.45, 2.75) is 51.1 Å². The molecule has 3 aliphatic heterocycles. The van der Waals surface area contributed by atoms with E-state index in [1.807, 2.05) is 0 Å². The van der Waals surface area contributed by atoms with Crippen molar-refractivity contribution in [1.29, 1.82) is 0 Å². The van der Waals surface area contributed by atoms with Gasteiger partial charge < -0.3 is 4.90 Å². The first kappa shape index (κ1) is 18.0. The molecule has 26 heavy (non-hydrogen) atoms. The van der Waals surface area contributed by atoms with Gasteiger partial charge in [-0.1, -0.05) is 30.3 Å². The number of amides is 1. The van der Waals surface area contributed by atoms with Gasteiger partial charge >= 0.3 is 0 Å². The Balaban J connectivity index is 1.26.